The van der Waals surface area contributed by atoms with Gasteiger partial charge in [0.05, 0.1) is 6.61 Å². The average Bonchev–Trinajstić information content (AvgIpc) is 2.80. The van der Waals surface area contributed by atoms with Gasteiger partial charge in [-0.25, -0.2) is 8.42 Å². The summed E-state index contributed by atoms with van der Waals surface area (Å²) in [5.41, 5.74) is 0.624. The number of sulfonamides is 1. The maximum Gasteiger partial charge on any atom is 0.244 e. The van der Waals surface area contributed by atoms with E-state index in [9.17, 15) is 13.5 Å². The van der Waals surface area contributed by atoms with Crippen LogP contribution in [0.15, 0.2) is 17.2 Å². The average molecular weight is 302 g/mol. The van der Waals surface area contributed by atoms with E-state index >= 15 is 0 Å². The zero-order valence-corrected chi connectivity index (χ0v) is 13.8. The number of hydrogen-bond acceptors (Lipinski definition) is 3. The third kappa shape index (κ3) is 3.42. The van der Waals surface area contributed by atoms with E-state index in [1.165, 1.54) is 4.31 Å². The maximum atomic E-state index is 12.7. The Morgan fingerprint density at radius 2 is 1.90 bits per heavy atom. The molecule has 0 bridgehead atoms. The predicted octanol–water partition coefficient (Wildman–Crippen LogP) is 2.37. The molecule has 0 spiro atoms. The molecule has 5 nitrogen and oxygen atoms in total. The number of nitrogens with zero attached hydrogens (tertiary/aromatic N) is 2. The normalized spacial score (nSPS) is 12.8. The Hall–Kier alpha value is -0.850. The van der Waals surface area contributed by atoms with Crippen LogP contribution in [0.4, 0.5) is 0 Å². The summed E-state index contributed by atoms with van der Waals surface area (Å²) in [5.74, 6) is 0. The molecule has 1 aromatic rings. The molecule has 0 atom stereocenters. The largest absolute Gasteiger partial charge is 0.390 e. The van der Waals surface area contributed by atoms with Gasteiger partial charge < -0.3 is 9.67 Å². The Morgan fingerprint density at radius 1 is 1.30 bits per heavy atom. The van der Waals surface area contributed by atoms with Gasteiger partial charge in [0.1, 0.15) is 4.90 Å². The van der Waals surface area contributed by atoms with Crippen molar-refractivity contribution in [3.63, 3.8) is 0 Å². The zero-order chi connectivity index (χ0) is 15.5. The van der Waals surface area contributed by atoms with Crippen molar-refractivity contribution in [3.8, 4) is 0 Å². The summed E-state index contributed by atoms with van der Waals surface area (Å²) in [6.45, 7) is 9.97. The molecule has 0 radical (unpaired) electrons. The Kier molecular flexibility index (Phi) is 5.79. The number of aromatic nitrogens is 1. The highest BCUT2D eigenvalue weighted by atomic mass is 32.2. The predicted molar refractivity (Wildman–Crippen MR) is 80.1 cm³/mol. The van der Waals surface area contributed by atoms with E-state index in [0.717, 1.165) is 6.42 Å². The van der Waals surface area contributed by atoms with Crippen LogP contribution in [0.1, 0.15) is 52.8 Å². The smallest absolute Gasteiger partial charge is 0.244 e. The topological polar surface area (TPSA) is 62.5 Å². The lowest BCUT2D eigenvalue weighted by Crippen LogP contribution is -2.37. The first kappa shape index (κ1) is 17.2. The molecular weight excluding hydrogens is 276 g/mol. The molecule has 0 unspecified atom stereocenters. The second-order valence-corrected chi connectivity index (χ2v) is 7.43. The van der Waals surface area contributed by atoms with Crippen molar-refractivity contribution >= 4 is 10.0 Å². The summed E-state index contributed by atoms with van der Waals surface area (Å²) < 4.78 is 28.7. The number of rotatable bonds is 7. The van der Waals surface area contributed by atoms with Crippen LogP contribution < -0.4 is 0 Å². The Labute approximate surface area is 122 Å². The number of aliphatic hydroxyl groups is 1. The van der Waals surface area contributed by atoms with Crippen molar-refractivity contribution in [1.29, 1.82) is 0 Å². The molecule has 6 heteroatoms. The van der Waals surface area contributed by atoms with Crippen LogP contribution in [-0.4, -0.2) is 35.0 Å². The molecular formula is C14H26N2O3S. The van der Waals surface area contributed by atoms with Crippen LogP contribution in [0.5, 0.6) is 0 Å². The van der Waals surface area contributed by atoms with Gasteiger partial charge in [0, 0.05) is 30.5 Å². The highest BCUT2D eigenvalue weighted by Gasteiger charge is 2.28. The molecule has 0 fully saturated rings. The lowest BCUT2D eigenvalue weighted by molar-refractivity contribution is 0.268. The molecule has 0 amide bonds. The maximum absolute atomic E-state index is 12.7. The van der Waals surface area contributed by atoms with Gasteiger partial charge >= 0.3 is 0 Å². The quantitative estimate of drug-likeness (QED) is 0.841. The van der Waals surface area contributed by atoms with E-state index < -0.39 is 10.0 Å². The highest BCUT2D eigenvalue weighted by molar-refractivity contribution is 7.89. The number of aliphatic hydroxyl groups excluding tert-OH is 1. The Balaban J connectivity index is 3.27. The van der Waals surface area contributed by atoms with Gasteiger partial charge in [0.25, 0.3) is 0 Å². The molecule has 1 aromatic heterocycles. The van der Waals surface area contributed by atoms with Crippen LogP contribution in [0, 0.1) is 0 Å². The van der Waals surface area contributed by atoms with Crippen molar-refractivity contribution in [2.45, 2.75) is 64.6 Å². The third-order valence-electron chi connectivity index (χ3n) is 3.25. The van der Waals surface area contributed by atoms with Gasteiger partial charge in [-0.3, -0.25) is 0 Å². The number of hydrogen-bond donors (Lipinski definition) is 1. The standard InChI is InChI=1S/C14H26N2O3S/c1-6-7-16(12(4)5)20(18,19)14-8-13(10-17)15(9-14)11(2)3/h8-9,11-12,17H,6-7,10H2,1-5H3. The van der Waals surface area contributed by atoms with Crippen molar-refractivity contribution < 1.29 is 13.5 Å². The van der Waals surface area contributed by atoms with Gasteiger partial charge in [-0.1, -0.05) is 6.92 Å². The summed E-state index contributed by atoms with van der Waals surface area (Å²) >= 11 is 0. The van der Waals surface area contributed by atoms with Crippen LogP contribution in [-0.2, 0) is 16.6 Å². The van der Waals surface area contributed by atoms with Crippen molar-refractivity contribution in [3.05, 3.63) is 18.0 Å². The Bertz CT molecular complexity index is 533. The lowest BCUT2D eigenvalue weighted by Gasteiger charge is -2.24. The summed E-state index contributed by atoms with van der Waals surface area (Å²) in [6.07, 6.45) is 2.39. The lowest BCUT2D eigenvalue weighted by atomic mass is 10.3. The van der Waals surface area contributed by atoms with E-state index in [1.807, 2.05) is 34.6 Å². The van der Waals surface area contributed by atoms with Crippen molar-refractivity contribution in [2.75, 3.05) is 6.54 Å². The van der Waals surface area contributed by atoms with Gasteiger partial charge in [-0.05, 0) is 40.2 Å². The van der Waals surface area contributed by atoms with Crippen LogP contribution >= 0.6 is 0 Å². The fraction of sp³-hybridized carbons (Fsp3) is 0.714. The van der Waals surface area contributed by atoms with Gasteiger partial charge in [-0.15, -0.1) is 0 Å². The van der Waals surface area contributed by atoms with Crippen LogP contribution in [0.25, 0.3) is 0 Å². The molecule has 20 heavy (non-hydrogen) atoms. The van der Waals surface area contributed by atoms with Gasteiger partial charge in [0.2, 0.25) is 10.0 Å². The van der Waals surface area contributed by atoms with Crippen molar-refractivity contribution in [2.24, 2.45) is 0 Å². The minimum absolute atomic E-state index is 0.0834. The van der Waals surface area contributed by atoms with E-state index in [0.29, 0.717) is 12.2 Å². The molecule has 1 N–H and O–H groups in total. The second-order valence-electron chi connectivity index (χ2n) is 5.54. The minimum atomic E-state index is -3.51. The van der Waals surface area contributed by atoms with Gasteiger partial charge in [0.15, 0.2) is 0 Å². The monoisotopic (exact) mass is 302 g/mol. The van der Waals surface area contributed by atoms with Crippen molar-refractivity contribution in [1.82, 2.24) is 8.87 Å². The highest BCUT2D eigenvalue weighted by Crippen LogP contribution is 2.23. The SMILES string of the molecule is CCCN(C(C)C)S(=O)(=O)c1cc(CO)n(C(C)C)c1. The fourth-order valence-electron chi connectivity index (χ4n) is 2.26. The van der Waals surface area contributed by atoms with E-state index in [-0.39, 0.29) is 23.6 Å². The molecule has 0 aliphatic rings. The first-order chi connectivity index (χ1) is 9.25. The summed E-state index contributed by atoms with van der Waals surface area (Å²) in [7, 11) is -3.51. The zero-order valence-electron chi connectivity index (χ0n) is 13.0. The fourth-order valence-corrected chi connectivity index (χ4v) is 4.04. The molecule has 0 saturated carbocycles. The van der Waals surface area contributed by atoms with E-state index in [4.69, 9.17) is 0 Å². The second kappa shape index (κ2) is 6.74. The molecule has 0 aliphatic heterocycles. The first-order valence-electron chi connectivity index (χ1n) is 7.09. The molecule has 116 valence electrons. The Morgan fingerprint density at radius 3 is 2.25 bits per heavy atom. The summed E-state index contributed by atoms with van der Waals surface area (Å²) in [5, 5.41) is 9.37. The van der Waals surface area contributed by atoms with Gasteiger partial charge in [-0.2, -0.15) is 4.31 Å². The molecule has 0 aliphatic carbocycles. The summed E-state index contributed by atoms with van der Waals surface area (Å²) in [6, 6.07) is 1.60. The first-order valence-corrected chi connectivity index (χ1v) is 8.53. The molecule has 0 aromatic carbocycles. The molecule has 0 saturated heterocycles. The van der Waals surface area contributed by atoms with Crippen LogP contribution in [0.3, 0.4) is 0 Å². The van der Waals surface area contributed by atoms with Crippen LogP contribution in [0.2, 0.25) is 0 Å². The minimum Gasteiger partial charge on any atom is -0.390 e. The van der Waals surface area contributed by atoms with E-state index in [2.05, 4.69) is 0 Å². The molecule has 1 rings (SSSR count). The molecule has 1 heterocycles. The summed E-state index contributed by atoms with van der Waals surface area (Å²) in [4.78, 5) is 0.261. The third-order valence-corrected chi connectivity index (χ3v) is 5.29. The van der Waals surface area contributed by atoms with E-state index in [1.54, 1.807) is 16.8 Å².